The standard InChI is InChI=1S/C12H13NO/c14-12(8-1-2-8)10-3-4-11-9(7-10)5-6-13-11/h3-8,12-14H,1-2H2. The first-order valence-electron chi connectivity index (χ1n) is 5.10. The number of aliphatic hydroxyl groups excluding tert-OH is 1. The monoisotopic (exact) mass is 187 g/mol. The fourth-order valence-corrected chi connectivity index (χ4v) is 1.94. The first kappa shape index (κ1) is 8.06. The van der Waals surface area contributed by atoms with Gasteiger partial charge in [0.25, 0.3) is 0 Å². The number of rotatable bonds is 2. The van der Waals surface area contributed by atoms with Crippen molar-refractivity contribution in [2.24, 2.45) is 5.92 Å². The van der Waals surface area contributed by atoms with Gasteiger partial charge in [0.1, 0.15) is 0 Å². The number of fused-ring (bicyclic) bond motifs is 1. The average molecular weight is 187 g/mol. The minimum absolute atomic E-state index is 0.255. The SMILES string of the molecule is OC(c1ccc2[nH]ccc2c1)C1CC1. The highest BCUT2D eigenvalue weighted by Crippen LogP contribution is 2.41. The predicted molar refractivity (Wildman–Crippen MR) is 56.0 cm³/mol. The maximum atomic E-state index is 9.95. The second-order valence-corrected chi connectivity index (χ2v) is 4.11. The van der Waals surface area contributed by atoms with Crippen molar-refractivity contribution < 1.29 is 5.11 Å². The molecule has 2 nitrogen and oxygen atoms in total. The number of hydrogen-bond donors (Lipinski definition) is 2. The Kier molecular flexibility index (Phi) is 1.64. The van der Waals surface area contributed by atoms with E-state index in [1.165, 1.54) is 18.2 Å². The summed E-state index contributed by atoms with van der Waals surface area (Å²) in [5, 5.41) is 11.1. The zero-order valence-electron chi connectivity index (χ0n) is 7.90. The van der Waals surface area contributed by atoms with Gasteiger partial charge in [-0.3, -0.25) is 0 Å². The van der Waals surface area contributed by atoms with Crippen LogP contribution >= 0.6 is 0 Å². The van der Waals surface area contributed by atoms with Gasteiger partial charge in [0.15, 0.2) is 0 Å². The van der Waals surface area contributed by atoms with Gasteiger partial charge in [-0.25, -0.2) is 0 Å². The number of hydrogen-bond acceptors (Lipinski definition) is 1. The van der Waals surface area contributed by atoms with Crippen molar-refractivity contribution in [2.75, 3.05) is 0 Å². The van der Waals surface area contributed by atoms with Crippen LogP contribution in [-0.4, -0.2) is 10.1 Å². The lowest BCUT2D eigenvalue weighted by molar-refractivity contribution is 0.154. The van der Waals surface area contributed by atoms with Crippen LogP contribution in [0.3, 0.4) is 0 Å². The van der Waals surface area contributed by atoms with Crippen LogP contribution in [0.1, 0.15) is 24.5 Å². The van der Waals surface area contributed by atoms with Gasteiger partial charge in [-0.1, -0.05) is 6.07 Å². The zero-order valence-corrected chi connectivity index (χ0v) is 7.90. The molecule has 1 heterocycles. The van der Waals surface area contributed by atoms with Crippen LogP contribution in [0, 0.1) is 5.92 Å². The summed E-state index contributed by atoms with van der Waals surface area (Å²) in [6.45, 7) is 0. The Balaban J connectivity index is 2.03. The first-order chi connectivity index (χ1) is 6.84. The third-order valence-electron chi connectivity index (χ3n) is 2.99. The number of nitrogens with one attached hydrogen (secondary N) is 1. The molecule has 1 fully saturated rings. The summed E-state index contributed by atoms with van der Waals surface area (Å²) in [5.74, 6) is 0.506. The molecule has 3 rings (SSSR count). The van der Waals surface area contributed by atoms with Gasteiger partial charge >= 0.3 is 0 Å². The zero-order chi connectivity index (χ0) is 9.54. The molecule has 0 aliphatic heterocycles. The Morgan fingerprint density at radius 3 is 2.93 bits per heavy atom. The molecule has 2 N–H and O–H groups in total. The van der Waals surface area contributed by atoms with Gasteiger partial charge in [-0.2, -0.15) is 0 Å². The lowest BCUT2D eigenvalue weighted by Crippen LogP contribution is -1.98. The van der Waals surface area contributed by atoms with E-state index in [4.69, 9.17) is 0 Å². The molecule has 14 heavy (non-hydrogen) atoms. The topological polar surface area (TPSA) is 36.0 Å². The van der Waals surface area contributed by atoms with Crippen LogP contribution in [0.5, 0.6) is 0 Å². The van der Waals surface area contributed by atoms with Crippen molar-refractivity contribution in [3.05, 3.63) is 36.0 Å². The Hall–Kier alpha value is -1.28. The molecule has 0 saturated heterocycles. The molecule has 1 saturated carbocycles. The molecule has 0 spiro atoms. The van der Waals surface area contributed by atoms with E-state index < -0.39 is 0 Å². The van der Waals surface area contributed by atoms with Crippen LogP contribution in [-0.2, 0) is 0 Å². The third kappa shape index (κ3) is 1.23. The summed E-state index contributed by atoms with van der Waals surface area (Å²) in [5.41, 5.74) is 2.19. The van der Waals surface area contributed by atoms with E-state index in [0.717, 1.165) is 11.1 Å². The van der Waals surface area contributed by atoms with Gasteiger partial charge in [0, 0.05) is 11.7 Å². The van der Waals surface area contributed by atoms with E-state index in [2.05, 4.69) is 11.1 Å². The van der Waals surface area contributed by atoms with E-state index >= 15 is 0 Å². The van der Waals surface area contributed by atoms with Crippen molar-refractivity contribution in [1.82, 2.24) is 4.98 Å². The number of aromatic nitrogens is 1. The Labute approximate surface area is 82.6 Å². The normalized spacial score (nSPS) is 18.6. The molecule has 1 aromatic heterocycles. The van der Waals surface area contributed by atoms with Gasteiger partial charge in [-0.15, -0.1) is 0 Å². The van der Waals surface area contributed by atoms with Crippen molar-refractivity contribution in [2.45, 2.75) is 18.9 Å². The summed E-state index contributed by atoms with van der Waals surface area (Å²) in [6.07, 6.45) is 4.02. The molecule has 1 unspecified atom stereocenters. The molecule has 1 aliphatic rings. The average Bonchev–Trinajstić information content (AvgIpc) is 2.95. The Morgan fingerprint density at radius 1 is 1.29 bits per heavy atom. The van der Waals surface area contributed by atoms with Crippen molar-refractivity contribution in [3.8, 4) is 0 Å². The van der Waals surface area contributed by atoms with E-state index in [0.29, 0.717) is 5.92 Å². The van der Waals surface area contributed by atoms with Gasteiger partial charge < -0.3 is 10.1 Å². The number of benzene rings is 1. The van der Waals surface area contributed by atoms with Crippen LogP contribution in [0.2, 0.25) is 0 Å². The van der Waals surface area contributed by atoms with Crippen LogP contribution < -0.4 is 0 Å². The summed E-state index contributed by atoms with van der Waals surface area (Å²) < 4.78 is 0. The van der Waals surface area contributed by atoms with Crippen LogP contribution in [0.4, 0.5) is 0 Å². The van der Waals surface area contributed by atoms with E-state index in [1.54, 1.807) is 0 Å². The van der Waals surface area contributed by atoms with Gasteiger partial charge in [-0.05, 0) is 47.9 Å². The van der Waals surface area contributed by atoms with Crippen molar-refractivity contribution >= 4 is 10.9 Å². The smallest absolute Gasteiger partial charge is 0.0818 e. The molecular formula is C12H13NO. The second kappa shape index (κ2) is 2.85. The van der Waals surface area contributed by atoms with Crippen LogP contribution in [0.15, 0.2) is 30.5 Å². The summed E-state index contributed by atoms with van der Waals surface area (Å²) in [7, 11) is 0. The van der Waals surface area contributed by atoms with Gasteiger partial charge in [0.05, 0.1) is 6.10 Å². The van der Waals surface area contributed by atoms with Gasteiger partial charge in [0.2, 0.25) is 0 Å². The summed E-state index contributed by atoms with van der Waals surface area (Å²) >= 11 is 0. The molecule has 2 heteroatoms. The second-order valence-electron chi connectivity index (χ2n) is 4.11. The molecule has 1 aromatic carbocycles. The summed E-state index contributed by atoms with van der Waals surface area (Å²) in [4.78, 5) is 3.15. The largest absolute Gasteiger partial charge is 0.388 e. The summed E-state index contributed by atoms with van der Waals surface area (Å²) in [6, 6.07) is 8.17. The molecule has 1 aliphatic carbocycles. The molecule has 1 atom stereocenters. The quantitative estimate of drug-likeness (QED) is 0.744. The highest BCUT2D eigenvalue weighted by atomic mass is 16.3. The minimum Gasteiger partial charge on any atom is -0.388 e. The van der Waals surface area contributed by atoms with Crippen LogP contribution in [0.25, 0.3) is 10.9 Å². The molecular weight excluding hydrogens is 174 g/mol. The molecule has 0 bridgehead atoms. The molecule has 0 amide bonds. The molecule has 2 aromatic rings. The lowest BCUT2D eigenvalue weighted by Gasteiger charge is -2.09. The fraction of sp³-hybridized carbons (Fsp3) is 0.333. The number of aliphatic hydroxyl groups is 1. The number of H-pyrrole nitrogens is 1. The Morgan fingerprint density at radius 2 is 2.14 bits per heavy atom. The van der Waals surface area contributed by atoms with Crippen molar-refractivity contribution in [3.63, 3.8) is 0 Å². The third-order valence-corrected chi connectivity index (χ3v) is 2.99. The maximum absolute atomic E-state index is 9.95. The highest BCUT2D eigenvalue weighted by Gasteiger charge is 2.30. The highest BCUT2D eigenvalue weighted by molar-refractivity contribution is 5.80. The number of aromatic amines is 1. The van der Waals surface area contributed by atoms with E-state index in [9.17, 15) is 5.11 Å². The van der Waals surface area contributed by atoms with E-state index in [-0.39, 0.29) is 6.10 Å². The Bertz CT molecular complexity index is 456. The van der Waals surface area contributed by atoms with Crippen molar-refractivity contribution in [1.29, 1.82) is 0 Å². The maximum Gasteiger partial charge on any atom is 0.0818 e. The fourth-order valence-electron chi connectivity index (χ4n) is 1.94. The molecule has 72 valence electrons. The predicted octanol–water partition coefficient (Wildman–Crippen LogP) is 2.61. The van der Waals surface area contributed by atoms with E-state index in [1.807, 2.05) is 24.4 Å². The first-order valence-corrected chi connectivity index (χ1v) is 5.10. The lowest BCUT2D eigenvalue weighted by atomic mass is 10.0. The molecule has 0 radical (unpaired) electrons. The minimum atomic E-state index is -0.255.